The first-order valence-corrected chi connectivity index (χ1v) is 12.7. The fourth-order valence-electron chi connectivity index (χ4n) is 3.56. The van der Waals surface area contributed by atoms with Crippen LogP contribution in [0.2, 0.25) is 5.02 Å². The van der Waals surface area contributed by atoms with E-state index in [0.29, 0.717) is 37.5 Å². The first-order chi connectivity index (χ1) is 14.9. The lowest BCUT2D eigenvalue weighted by atomic mass is 9.97. The summed E-state index contributed by atoms with van der Waals surface area (Å²) >= 11 is 7.48. The Hall–Kier alpha value is -2.26. The average Bonchev–Trinajstić information content (AvgIpc) is 3.27. The second-order valence-electron chi connectivity index (χ2n) is 7.36. The van der Waals surface area contributed by atoms with Crippen molar-refractivity contribution in [3.05, 3.63) is 70.7 Å². The molecule has 0 spiro atoms. The fraction of sp³-hybridized carbons (Fsp3) is 0.273. The maximum Gasteiger partial charge on any atom is 0.243 e. The maximum atomic E-state index is 12.8. The number of rotatable bonds is 6. The molecule has 2 aromatic carbocycles. The molecule has 162 valence electrons. The fourth-order valence-corrected chi connectivity index (χ4v) is 6.16. The maximum absolute atomic E-state index is 12.8. The van der Waals surface area contributed by atoms with Crippen LogP contribution in [0.25, 0.3) is 10.6 Å². The summed E-state index contributed by atoms with van der Waals surface area (Å²) in [6, 6.07) is 16.2. The van der Waals surface area contributed by atoms with Crippen molar-refractivity contribution in [1.29, 1.82) is 0 Å². The summed E-state index contributed by atoms with van der Waals surface area (Å²) in [5, 5.41) is 6.20. The van der Waals surface area contributed by atoms with Crippen LogP contribution >= 0.6 is 22.9 Å². The molecule has 0 atom stereocenters. The summed E-state index contributed by atoms with van der Waals surface area (Å²) in [4.78, 5) is 17.4. The lowest BCUT2D eigenvalue weighted by Crippen LogP contribution is -2.42. The summed E-state index contributed by atoms with van der Waals surface area (Å²) in [6.45, 7) is 0.979. The van der Waals surface area contributed by atoms with Gasteiger partial charge in [-0.2, -0.15) is 4.31 Å². The van der Waals surface area contributed by atoms with Gasteiger partial charge in [-0.05, 0) is 31.0 Å². The minimum Gasteiger partial charge on any atom is -0.350 e. The van der Waals surface area contributed by atoms with Crippen LogP contribution < -0.4 is 5.32 Å². The van der Waals surface area contributed by atoms with Crippen molar-refractivity contribution in [1.82, 2.24) is 14.6 Å². The molecular formula is C22H22ClN3O3S2. The third-order valence-electron chi connectivity index (χ3n) is 5.27. The van der Waals surface area contributed by atoms with E-state index in [4.69, 9.17) is 11.6 Å². The topological polar surface area (TPSA) is 79.4 Å². The highest BCUT2D eigenvalue weighted by Crippen LogP contribution is 2.26. The number of carbonyl (C=O) groups excluding carboxylic acids is 1. The van der Waals surface area contributed by atoms with Gasteiger partial charge in [0.25, 0.3) is 0 Å². The lowest BCUT2D eigenvalue weighted by Gasteiger charge is -2.30. The highest BCUT2D eigenvalue weighted by Gasteiger charge is 2.32. The van der Waals surface area contributed by atoms with Gasteiger partial charge in [-0.25, -0.2) is 13.4 Å². The largest absolute Gasteiger partial charge is 0.350 e. The van der Waals surface area contributed by atoms with Gasteiger partial charge in [-0.15, -0.1) is 11.3 Å². The van der Waals surface area contributed by atoms with Crippen LogP contribution in [0.3, 0.4) is 0 Å². The van der Waals surface area contributed by atoms with E-state index in [0.717, 1.165) is 16.3 Å². The van der Waals surface area contributed by atoms with Crippen LogP contribution in [0.15, 0.2) is 64.9 Å². The van der Waals surface area contributed by atoms with Gasteiger partial charge in [-0.1, -0.05) is 48.0 Å². The van der Waals surface area contributed by atoms with Gasteiger partial charge in [-0.3, -0.25) is 4.79 Å². The monoisotopic (exact) mass is 475 g/mol. The van der Waals surface area contributed by atoms with Crippen molar-refractivity contribution in [2.75, 3.05) is 13.1 Å². The molecule has 6 nitrogen and oxygen atoms in total. The second-order valence-corrected chi connectivity index (χ2v) is 10.6. The number of halogens is 1. The Morgan fingerprint density at radius 2 is 1.87 bits per heavy atom. The van der Waals surface area contributed by atoms with Gasteiger partial charge in [0, 0.05) is 35.0 Å². The van der Waals surface area contributed by atoms with Gasteiger partial charge < -0.3 is 5.32 Å². The molecule has 1 aromatic heterocycles. The number of carbonyl (C=O) groups is 1. The zero-order valence-corrected chi connectivity index (χ0v) is 19.1. The summed E-state index contributed by atoms with van der Waals surface area (Å²) in [6.07, 6.45) is 0.968. The Morgan fingerprint density at radius 3 is 2.58 bits per heavy atom. The Balaban J connectivity index is 1.30. The van der Waals surface area contributed by atoms with Crippen LogP contribution in [0.1, 0.15) is 18.5 Å². The first kappa shape index (κ1) is 22.0. The predicted molar refractivity (Wildman–Crippen MR) is 122 cm³/mol. The number of piperidine rings is 1. The van der Waals surface area contributed by atoms with Crippen molar-refractivity contribution < 1.29 is 13.2 Å². The SMILES string of the molecule is O=C(NCc1csc(-c2ccccc2)n1)C1CCN(S(=O)(=O)c2cccc(Cl)c2)CC1. The highest BCUT2D eigenvalue weighted by molar-refractivity contribution is 7.89. The molecule has 1 amide bonds. The second kappa shape index (κ2) is 9.48. The van der Waals surface area contributed by atoms with Crippen LogP contribution in [0.4, 0.5) is 0 Å². The molecule has 0 unspecified atom stereocenters. The van der Waals surface area contributed by atoms with E-state index >= 15 is 0 Å². The van der Waals surface area contributed by atoms with Crippen molar-refractivity contribution in [3.63, 3.8) is 0 Å². The first-order valence-electron chi connectivity index (χ1n) is 9.97. The zero-order valence-electron chi connectivity index (χ0n) is 16.7. The molecular weight excluding hydrogens is 454 g/mol. The summed E-state index contributed by atoms with van der Waals surface area (Å²) in [5.74, 6) is -0.271. The van der Waals surface area contributed by atoms with Crippen LogP contribution in [0, 0.1) is 5.92 Å². The van der Waals surface area contributed by atoms with Crippen LogP contribution in [-0.4, -0.2) is 36.7 Å². The summed E-state index contributed by atoms with van der Waals surface area (Å²) in [7, 11) is -3.60. The molecule has 9 heteroatoms. The van der Waals surface area contributed by atoms with Crippen molar-refractivity contribution >= 4 is 38.9 Å². The van der Waals surface area contributed by atoms with E-state index < -0.39 is 10.0 Å². The van der Waals surface area contributed by atoms with Gasteiger partial charge in [0.1, 0.15) is 5.01 Å². The van der Waals surface area contributed by atoms with E-state index in [1.54, 1.807) is 23.5 Å². The Kier molecular flexibility index (Phi) is 6.71. The van der Waals surface area contributed by atoms with E-state index in [1.165, 1.54) is 16.4 Å². The molecule has 0 aliphatic carbocycles. The number of thiazole rings is 1. The Morgan fingerprint density at radius 1 is 1.13 bits per heavy atom. The van der Waals surface area contributed by atoms with Crippen LogP contribution in [-0.2, 0) is 21.4 Å². The van der Waals surface area contributed by atoms with E-state index in [2.05, 4.69) is 10.3 Å². The van der Waals surface area contributed by atoms with Gasteiger partial charge in [0.2, 0.25) is 15.9 Å². The molecule has 31 heavy (non-hydrogen) atoms. The third kappa shape index (κ3) is 5.15. The van der Waals surface area contributed by atoms with E-state index in [-0.39, 0.29) is 16.7 Å². The molecule has 3 aromatic rings. The standard InChI is InChI=1S/C22H22ClN3O3S2/c23-18-7-4-8-20(13-18)31(28,29)26-11-9-16(10-12-26)21(27)24-14-19-15-30-22(25-19)17-5-2-1-3-6-17/h1-8,13,15-16H,9-12,14H2,(H,24,27). The van der Waals surface area contributed by atoms with E-state index in [9.17, 15) is 13.2 Å². The molecule has 4 rings (SSSR count). The summed E-state index contributed by atoms with van der Waals surface area (Å²) < 4.78 is 27.0. The van der Waals surface area contributed by atoms with Crippen LogP contribution in [0.5, 0.6) is 0 Å². The normalized spacial score (nSPS) is 15.6. The quantitative estimate of drug-likeness (QED) is 0.580. The van der Waals surface area contributed by atoms with Gasteiger partial charge in [0.15, 0.2) is 0 Å². The number of sulfonamides is 1. The Labute approximate surface area is 190 Å². The van der Waals surface area contributed by atoms with Gasteiger partial charge in [0.05, 0.1) is 17.1 Å². The Bertz CT molecular complexity index is 1160. The third-order valence-corrected chi connectivity index (χ3v) is 8.34. The molecule has 1 fully saturated rings. The van der Waals surface area contributed by atoms with Crippen molar-refractivity contribution in [3.8, 4) is 10.6 Å². The number of nitrogens with one attached hydrogen (secondary N) is 1. The zero-order chi connectivity index (χ0) is 21.8. The number of amides is 1. The minimum atomic E-state index is -3.60. The number of nitrogens with zero attached hydrogens (tertiary/aromatic N) is 2. The van der Waals surface area contributed by atoms with Crippen molar-refractivity contribution in [2.45, 2.75) is 24.3 Å². The molecule has 0 radical (unpaired) electrons. The molecule has 1 saturated heterocycles. The molecule has 2 heterocycles. The predicted octanol–water partition coefficient (Wildman–Crippen LogP) is 4.18. The molecule has 1 aliphatic rings. The lowest BCUT2D eigenvalue weighted by molar-refractivity contribution is -0.126. The smallest absolute Gasteiger partial charge is 0.243 e. The molecule has 1 aliphatic heterocycles. The summed E-state index contributed by atoms with van der Waals surface area (Å²) in [5.41, 5.74) is 1.87. The number of hydrogen-bond acceptors (Lipinski definition) is 5. The average molecular weight is 476 g/mol. The van der Waals surface area contributed by atoms with Gasteiger partial charge >= 0.3 is 0 Å². The van der Waals surface area contributed by atoms with E-state index in [1.807, 2.05) is 35.7 Å². The minimum absolute atomic E-state index is 0.0611. The molecule has 0 saturated carbocycles. The number of aromatic nitrogens is 1. The van der Waals surface area contributed by atoms with Crippen molar-refractivity contribution in [2.24, 2.45) is 5.92 Å². The molecule has 0 bridgehead atoms. The number of benzene rings is 2. The molecule has 1 N–H and O–H groups in total. The number of hydrogen-bond donors (Lipinski definition) is 1. The highest BCUT2D eigenvalue weighted by atomic mass is 35.5.